The Balaban J connectivity index is 1.77. The lowest BCUT2D eigenvalue weighted by atomic mass is 10.2. The summed E-state index contributed by atoms with van der Waals surface area (Å²) in [5.41, 5.74) is 5.80. The fourth-order valence-electron chi connectivity index (χ4n) is 2.79. The first-order valence-corrected chi connectivity index (χ1v) is 6.68. The minimum atomic E-state index is -0.0241. The smallest absolute Gasteiger partial charge is 0.224 e. The third-order valence-corrected chi connectivity index (χ3v) is 3.76. The van der Waals surface area contributed by atoms with E-state index in [4.69, 9.17) is 5.73 Å². The Morgan fingerprint density at radius 1 is 1.28 bits per heavy atom. The van der Waals surface area contributed by atoms with Gasteiger partial charge in [0.1, 0.15) is 5.82 Å². The van der Waals surface area contributed by atoms with Crippen LogP contribution in [-0.4, -0.2) is 38.2 Å². The van der Waals surface area contributed by atoms with Crippen LogP contribution in [0, 0.1) is 0 Å². The van der Waals surface area contributed by atoms with Gasteiger partial charge in [0.2, 0.25) is 5.91 Å². The van der Waals surface area contributed by atoms with Gasteiger partial charge in [-0.1, -0.05) is 6.42 Å². The molecule has 18 heavy (non-hydrogen) atoms. The van der Waals surface area contributed by atoms with Gasteiger partial charge in [0, 0.05) is 32.0 Å². The summed E-state index contributed by atoms with van der Waals surface area (Å²) in [5, 5.41) is 8.49. The van der Waals surface area contributed by atoms with Gasteiger partial charge in [-0.3, -0.25) is 4.79 Å². The van der Waals surface area contributed by atoms with Crippen LogP contribution in [-0.2, 0) is 24.3 Å². The second kappa shape index (κ2) is 4.68. The van der Waals surface area contributed by atoms with E-state index >= 15 is 0 Å². The highest BCUT2D eigenvalue weighted by Crippen LogP contribution is 2.17. The molecule has 3 heterocycles. The molecule has 0 bridgehead atoms. The Bertz CT molecular complexity index is 455. The van der Waals surface area contributed by atoms with Crippen LogP contribution in [0.1, 0.15) is 37.3 Å². The standard InChI is InChI=1S/C12H19N5O/c13-9-6-12(18)16(7-9)8-11-15-14-10-4-2-1-3-5-17(10)11/h9H,1-8,13H2. The molecule has 2 aliphatic rings. The Hall–Kier alpha value is -1.43. The van der Waals surface area contributed by atoms with Crippen molar-refractivity contribution >= 4 is 5.91 Å². The largest absolute Gasteiger partial charge is 0.334 e. The van der Waals surface area contributed by atoms with E-state index in [1.165, 1.54) is 19.3 Å². The van der Waals surface area contributed by atoms with Crippen molar-refractivity contribution in [3.05, 3.63) is 11.6 Å². The van der Waals surface area contributed by atoms with Gasteiger partial charge in [0.25, 0.3) is 0 Å². The van der Waals surface area contributed by atoms with E-state index < -0.39 is 0 Å². The molecule has 98 valence electrons. The van der Waals surface area contributed by atoms with Crippen LogP contribution in [0.3, 0.4) is 0 Å². The molecule has 1 unspecified atom stereocenters. The van der Waals surface area contributed by atoms with Gasteiger partial charge in [-0.05, 0) is 12.8 Å². The molecule has 0 radical (unpaired) electrons. The number of hydrogen-bond acceptors (Lipinski definition) is 4. The number of aryl methyl sites for hydroxylation is 1. The fraction of sp³-hybridized carbons (Fsp3) is 0.750. The molecule has 2 N–H and O–H groups in total. The number of nitrogens with zero attached hydrogens (tertiary/aromatic N) is 4. The van der Waals surface area contributed by atoms with Crippen LogP contribution < -0.4 is 5.73 Å². The van der Waals surface area contributed by atoms with Crippen LogP contribution in [0.15, 0.2) is 0 Å². The molecule has 3 rings (SSSR count). The molecule has 1 saturated heterocycles. The van der Waals surface area contributed by atoms with Crippen molar-refractivity contribution in [1.29, 1.82) is 0 Å². The van der Waals surface area contributed by atoms with Gasteiger partial charge in [-0.15, -0.1) is 10.2 Å². The van der Waals surface area contributed by atoms with Crippen LogP contribution in [0.2, 0.25) is 0 Å². The summed E-state index contributed by atoms with van der Waals surface area (Å²) in [5.74, 6) is 2.11. The third-order valence-electron chi connectivity index (χ3n) is 3.76. The summed E-state index contributed by atoms with van der Waals surface area (Å²) in [4.78, 5) is 13.5. The van der Waals surface area contributed by atoms with Crippen LogP contribution >= 0.6 is 0 Å². The second-order valence-electron chi connectivity index (χ2n) is 5.23. The van der Waals surface area contributed by atoms with E-state index in [2.05, 4.69) is 14.8 Å². The van der Waals surface area contributed by atoms with Crippen molar-refractivity contribution in [3.63, 3.8) is 0 Å². The lowest BCUT2D eigenvalue weighted by molar-refractivity contribution is -0.128. The first-order chi connectivity index (χ1) is 8.74. The molecule has 0 aromatic carbocycles. The van der Waals surface area contributed by atoms with Gasteiger partial charge >= 0.3 is 0 Å². The number of carbonyl (C=O) groups is 1. The summed E-state index contributed by atoms with van der Waals surface area (Å²) in [7, 11) is 0. The van der Waals surface area contributed by atoms with Crippen LogP contribution in [0.5, 0.6) is 0 Å². The number of nitrogens with two attached hydrogens (primary N) is 1. The number of carbonyl (C=O) groups excluding carboxylic acids is 1. The van der Waals surface area contributed by atoms with Crippen molar-refractivity contribution in [3.8, 4) is 0 Å². The van der Waals surface area contributed by atoms with Gasteiger partial charge < -0.3 is 15.2 Å². The quantitative estimate of drug-likeness (QED) is 0.804. The fourth-order valence-corrected chi connectivity index (χ4v) is 2.79. The van der Waals surface area contributed by atoms with Crippen molar-refractivity contribution in [2.45, 2.75) is 51.2 Å². The van der Waals surface area contributed by atoms with E-state index in [1.54, 1.807) is 4.90 Å². The van der Waals surface area contributed by atoms with Gasteiger partial charge in [-0.25, -0.2) is 0 Å². The SMILES string of the molecule is NC1CC(=O)N(Cc2nnc3n2CCCCC3)C1. The van der Waals surface area contributed by atoms with Gasteiger partial charge in [0.15, 0.2) is 5.82 Å². The predicted octanol–water partition coefficient (Wildman–Crippen LogP) is 0.0641. The Kier molecular flexibility index (Phi) is 3.03. The van der Waals surface area contributed by atoms with Gasteiger partial charge in [-0.2, -0.15) is 0 Å². The zero-order valence-corrected chi connectivity index (χ0v) is 10.5. The molecule has 0 spiro atoms. The van der Waals surface area contributed by atoms with E-state index in [0.29, 0.717) is 19.5 Å². The van der Waals surface area contributed by atoms with Crippen molar-refractivity contribution in [1.82, 2.24) is 19.7 Å². The molecule has 1 fully saturated rings. The van der Waals surface area contributed by atoms with E-state index in [1.807, 2.05) is 0 Å². The zero-order chi connectivity index (χ0) is 12.5. The van der Waals surface area contributed by atoms with Gasteiger partial charge in [0.05, 0.1) is 6.54 Å². The number of amides is 1. The summed E-state index contributed by atoms with van der Waals surface area (Å²) in [6.45, 7) is 2.17. The Labute approximate surface area is 106 Å². The monoisotopic (exact) mass is 249 g/mol. The second-order valence-corrected chi connectivity index (χ2v) is 5.23. The highest BCUT2D eigenvalue weighted by Gasteiger charge is 2.28. The number of aromatic nitrogens is 3. The number of fused-ring (bicyclic) bond motifs is 1. The Morgan fingerprint density at radius 3 is 2.94 bits per heavy atom. The molecule has 2 aliphatic heterocycles. The topological polar surface area (TPSA) is 77.0 Å². The van der Waals surface area contributed by atoms with Crippen LogP contribution in [0.4, 0.5) is 0 Å². The maximum atomic E-state index is 11.7. The maximum Gasteiger partial charge on any atom is 0.224 e. The molecule has 1 aromatic heterocycles. The first-order valence-electron chi connectivity index (χ1n) is 6.68. The summed E-state index contributed by atoms with van der Waals surface area (Å²) >= 11 is 0. The van der Waals surface area contributed by atoms with Crippen molar-refractivity contribution in [2.75, 3.05) is 6.54 Å². The lowest BCUT2D eigenvalue weighted by Crippen LogP contribution is -2.29. The molecule has 1 amide bonds. The van der Waals surface area contributed by atoms with Crippen LogP contribution in [0.25, 0.3) is 0 Å². The Morgan fingerprint density at radius 2 is 2.17 bits per heavy atom. The maximum absolute atomic E-state index is 11.7. The molecular weight excluding hydrogens is 230 g/mol. The highest BCUT2D eigenvalue weighted by atomic mass is 16.2. The molecular formula is C12H19N5O. The average Bonchev–Trinajstić information content (AvgIpc) is 2.75. The molecule has 6 heteroatoms. The van der Waals surface area contributed by atoms with E-state index in [0.717, 1.165) is 24.6 Å². The van der Waals surface area contributed by atoms with Crippen molar-refractivity contribution < 1.29 is 4.79 Å². The number of likely N-dealkylation sites (tertiary alicyclic amines) is 1. The first kappa shape index (κ1) is 11.6. The summed E-state index contributed by atoms with van der Waals surface area (Å²) in [6.07, 6.45) is 5.06. The molecule has 0 aliphatic carbocycles. The average molecular weight is 249 g/mol. The lowest BCUT2D eigenvalue weighted by Gasteiger charge is -2.16. The number of rotatable bonds is 2. The normalized spacial score (nSPS) is 24.2. The molecule has 0 saturated carbocycles. The minimum absolute atomic E-state index is 0.0241. The van der Waals surface area contributed by atoms with E-state index in [-0.39, 0.29) is 11.9 Å². The molecule has 1 aromatic rings. The third kappa shape index (κ3) is 2.12. The predicted molar refractivity (Wildman–Crippen MR) is 65.6 cm³/mol. The number of hydrogen-bond donors (Lipinski definition) is 1. The molecule has 6 nitrogen and oxygen atoms in total. The van der Waals surface area contributed by atoms with Crippen molar-refractivity contribution in [2.24, 2.45) is 5.73 Å². The van der Waals surface area contributed by atoms with E-state index in [9.17, 15) is 4.79 Å². The molecule has 1 atom stereocenters. The highest BCUT2D eigenvalue weighted by molar-refractivity contribution is 5.79. The minimum Gasteiger partial charge on any atom is -0.334 e. The summed E-state index contributed by atoms with van der Waals surface area (Å²) < 4.78 is 2.18. The summed E-state index contributed by atoms with van der Waals surface area (Å²) in [6, 6.07) is -0.0241. The zero-order valence-electron chi connectivity index (χ0n) is 10.5.